The summed E-state index contributed by atoms with van der Waals surface area (Å²) in [5.41, 5.74) is 2.17. The molecule has 2 aromatic carbocycles. The summed E-state index contributed by atoms with van der Waals surface area (Å²) in [6, 6.07) is 10.6. The Morgan fingerprint density at radius 3 is 2.04 bits per heavy atom. The molecule has 1 fully saturated rings. The van der Waals surface area contributed by atoms with Crippen molar-refractivity contribution >= 4 is 5.69 Å². The highest BCUT2D eigenvalue weighted by Crippen LogP contribution is 2.51. The second-order valence-electron chi connectivity index (χ2n) is 6.78. The van der Waals surface area contributed by atoms with Crippen LogP contribution in [0.15, 0.2) is 36.4 Å². The normalized spacial score (nSPS) is 24.7. The molecule has 2 unspecified atom stereocenters. The SMILES string of the molecule is COc1ccc(C2C(O)C(c3ccc(N(C)C)cc3O)C2O)cc1OC. The zero-order valence-electron chi connectivity index (χ0n) is 15.4. The van der Waals surface area contributed by atoms with Crippen molar-refractivity contribution in [1.82, 2.24) is 0 Å². The van der Waals surface area contributed by atoms with E-state index in [1.807, 2.05) is 31.1 Å². The molecule has 0 radical (unpaired) electrons. The summed E-state index contributed by atoms with van der Waals surface area (Å²) in [4.78, 5) is 1.88. The van der Waals surface area contributed by atoms with Gasteiger partial charge in [0.05, 0.1) is 26.4 Å². The Kier molecular flexibility index (Phi) is 4.98. The highest BCUT2D eigenvalue weighted by Gasteiger charge is 2.51. The third-order valence-corrected chi connectivity index (χ3v) is 5.15. The number of hydrogen-bond donors (Lipinski definition) is 3. The molecule has 0 saturated heterocycles. The highest BCUT2D eigenvalue weighted by molar-refractivity contribution is 5.55. The predicted octanol–water partition coefficient (Wildman–Crippen LogP) is 2.08. The lowest BCUT2D eigenvalue weighted by Crippen LogP contribution is -2.51. The minimum Gasteiger partial charge on any atom is -0.508 e. The Morgan fingerprint density at radius 2 is 1.50 bits per heavy atom. The van der Waals surface area contributed by atoms with Crippen LogP contribution in [0.25, 0.3) is 0 Å². The van der Waals surface area contributed by atoms with Gasteiger partial charge < -0.3 is 29.7 Å². The van der Waals surface area contributed by atoms with Crippen molar-refractivity contribution < 1.29 is 24.8 Å². The molecule has 0 aliphatic heterocycles. The van der Waals surface area contributed by atoms with Crippen LogP contribution < -0.4 is 14.4 Å². The molecule has 26 heavy (non-hydrogen) atoms. The first-order chi connectivity index (χ1) is 12.4. The van der Waals surface area contributed by atoms with E-state index in [-0.39, 0.29) is 5.75 Å². The number of anilines is 1. The van der Waals surface area contributed by atoms with E-state index < -0.39 is 24.0 Å². The topological polar surface area (TPSA) is 82.4 Å². The molecule has 6 nitrogen and oxygen atoms in total. The molecule has 0 aromatic heterocycles. The van der Waals surface area contributed by atoms with Crippen LogP contribution in [-0.4, -0.2) is 55.8 Å². The maximum atomic E-state index is 10.7. The van der Waals surface area contributed by atoms with Crippen LogP contribution in [0, 0.1) is 0 Å². The third kappa shape index (κ3) is 2.95. The van der Waals surface area contributed by atoms with Gasteiger partial charge in [0, 0.05) is 43.2 Å². The number of nitrogens with zero attached hydrogens (tertiary/aromatic N) is 1. The average Bonchev–Trinajstić information content (AvgIpc) is 2.63. The van der Waals surface area contributed by atoms with Crippen molar-refractivity contribution in [2.75, 3.05) is 33.2 Å². The van der Waals surface area contributed by atoms with Crippen molar-refractivity contribution in [1.29, 1.82) is 0 Å². The van der Waals surface area contributed by atoms with Crippen LogP contribution in [0.2, 0.25) is 0 Å². The molecule has 140 valence electrons. The molecule has 2 atom stereocenters. The zero-order chi connectivity index (χ0) is 19.0. The molecular formula is C20H25NO5. The standard InChI is InChI=1S/C20H25NO5/c1-21(2)12-6-7-13(14(22)10-12)18-19(23)17(20(18)24)11-5-8-15(25-3)16(9-11)26-4/h5-10,17-20,22-24H,1-4H3. The number of phenolic OH excluding ortho intramolecular Hbond substituents is 1. The molecule has 1 saturated carbocycles. The monoisotopic (exact) mass is 359 g/mol. The second-order valence-corrected chi connectivity index (χ2v) is 6.78. The van der Waals surface area contributed by atoms with Crippen molar-refractivity contribution in [2.45, 2.75) is 24.0 Å². The van der Waals surface area contributed by atoms with E-state index in [0.29, 0.717) is 17.1 Å². The van der Waals surface area contributed by atoms with Gasteiger partial charge in [-0.3, -0.25) is 0 Å². The van der Waals surface area contributed by atoms with Crippen molar-refractivity contribution in [3.63, 3.8) is 0 Å². The molecule has 3 rings (SSSR count). The number of phenols is 1. The van der Waals surface area contributed by atoms with Crippen LogP contribution in [0.3, 0.4) is 0 Å². The summed E-state index contributed by atoms with van der Waals surface area (Å²) < 4.78 is 10.5. The van der Waals surface area contributed by atoms with Gasteiger partial charge >= 0.3 is 0 Å². The fraction of sp³-hybridized carbons (Fsp3) is 0.400. The maximum Gasteiger partial charge on any atom is 0.161 e. The summed E-state index contributed by atoms with van der Waals surface area (Å²) in [5.74, 6) is 0.223. The van der Waals surface area contributed by atoms with Crippen LogP contribution in [-0.2, 0) is 0 Å². The minimum absolute atomic E-state index is 0.0741. The van der Waals surface area contributed by atoms with Crippen LogP contribution >= 0.6 is 0 Å². The van der Waals surface area contributed by atoms with Gasteiger partial charge in [-0.15, -0.1) is 0 Å². The largest absolute Gasteiger partial charge is 0.508 e. The smallest absolute Gasteiger partial charge is 0.161 e. The number of hydrogen-bond acceptors (Lipinski definition) is 6. The number of aliphatic hydroxyl groups is 2. The van der Waals surface area contributed by atoms with Crippen molar-refractivity contribution in [2.24, 2.45) is 0 Å². The Morgan fingerprint density at radius 1 is 0.846 bits per heavy atom. The quantitative estimate of drug-likeness (QED) is 0.758. The van der Waals surface area contributed by atoms with Crippen LogP contribution in [0.4, 0.5) is 5.69 Å². The summed E-state index contributed by atoms with van der Waals surface area (Å²) in [7, 11) is 6.87. The van der Waals surface area contributed by atoms with E-state index in [9.17, 15) is 15.3 Å². The van der Waals surface area contributed by atoms with Crippen molar-refractivity contribution in [3.8, 4) is 17.2 Å². The average molecular weight is 359 g/mol. The second kappa shape index (κ2) is 7.05. The van der Waals surface area contributed by atoms with E-state index in [1.54, 1.807) is 38.5 Å². The number of methoxy groups -OCH3 is 2. The summed E-state index contributed by atoms with van der Waals surface area (Å²) in [6.07, 6.45) is -1.61. The maximum absolute atomic E-state index is 10.7. The third-order valence-electron chi connectivity index (χ3n) is 5.15. The number of benzene rings is 2. The van der Waals surface area contributed by atoms with Crippen LogP contribution in [0.5, 0.6) is 17.2 Å². The molecule has 1 aliphatic carbocycles. The number of aliphatic hydroxyl groups excluding tert-OH is 2. The lowest BCUT2D eigenvalue weighted by molar-refractivity contribution is -0.0792. The zero-order valence-corrected chi connectivity index (χ0v) is 15.4. The molecule has 3 N–H and O–H groups in total. The Labute approximate surface area is 153 Å². The van der Waals surface area contributed by atoms with Gasteiger partial charge in [0.1, 0.15) is 5.75 Å². The molecule has 2 aromatic rings. The van der Waals surface area contributed by atoms with E-state index in [2.05, 4.69) is 0 Å². The lowest BCUT2D eigenvalue weighted by Gasteiger charge is -2.47. The Bertz CT molecular complexity index is 782. The minimum atomic E-state index is -0.806. The Balaban J connectivity index is 1.86. The molecule has 0 spiro atoms. The van der Waals surface area contributed by atoms with Gasteiger partial charge in [-0.2, -0.15) is 0 Å². The van der Waals surface area contributed by atoms with Gasteiger partial charge in [0.15, 0.2) is 11.5 Å². The van der Waals surface area contributed by atoms with E-state index in [1.165, 1.54) is 0 Å². The first kappa shape index (κ1) is 18.4. The summed E-state index contributed by atoms with van der Waals surface area (Å²) in [5, 5.41) is 31.7. The molecule has 0 bridgehead atoms. The number of rotatable bonds is 5. The summed E-state index contributed by atoms with van der Waals surface area (Å²) in [6.45, 7) is 0. The number of aromatic hydroxyl groups is 1. The van der Waals surface area contributed by atoms with E-state index in [0.717, 1.165) is 11.3 Å². The highest BCUT2D eigenvalue weighted by atomic mass is 16.5. The van der Waals surface area contributed by atoms with Gasteiger partial charge in [0.25, 0.3) is 0 Å². The molecule has 6 heteroatoms. The molecule has 0 amide bonds. The number of ether oxygens (including phenoxy) is 2. The van der Waals surface area contributed by atoms with Gasteiger partial charge in [-0.25, -0.2) is 0 Å². The Hall–Kier alpha value is -2.44. The fourth-order valence-electron chi connectivity index (χ4n) is 3.62. The van der Waals surface area contributed by atoms with Gasteiger partial charge in [-0.1, -0.05) is 12.1 Å². The first-order valence-electron chi connectivity index (χ1n) is 8.47. The molecular weight excluding hydrogens is 334 g/mol. The van der Waals surface area contributed by atoms with Gasteiger partial charge in [-0.05, 0) is 23.8 Å². The summed E-state index contributed by atoms with van der Waals surface area (Å²) >= 11 is 0. The van der Waals surface area contributed by atoms with E-state index in [4.69, 9.17) is 9.47 Å². The van der Waals surface area contributed by atoms with Crippen LogP contribution in [0.1, 0.15) is 23.0 Å². The lowest BCUT2D eigenvalue weighted by atomic mass is 9.63. The molecule has 0 heterocycles. The van der Waals surface area contributed by atoms with Crippen molar-refractivity contribution in [3.05, 3.63) is 47.5 Å². The first-order valence-corrected chi connectivity index (χ1v) is 8.47. The predicted molar refractivity (Wildman–Crippen MR) is 99.5 cm³/mol. The fourth-order valence-corrected chi connectivity index (χ4v) is 3.62. The molecule has 1 aliphatic rings. The van der Waals surface area contributed by atoms with Gasteiger partial charge in [0.2, 0.25) is 0 Å². The van der Waals surface area contributed by atoms with E-state index >= 15 is 0 Å².